The Morgan fingerprint density at radius 1 is 1.32 bits per heavy atom. The lowest BCUT2D eigenvalue weighted by Crippen LogP contribution is -2.14. The van der Waals surface area contributed by atoms with E-state index in [0.717, 1.165) is 0 Å². The van der Waals surface area contributed by atoms with Gasteiger partial charge in [0.1, 0.15) is 5.76 Å². The van der Waals surface area contributed by atoms with Crippen LogP contribution in [0.3, 0.4) is 0 Å². The lowest BCUT2D eigenvalue weighted by atomic mass is 10.1. The molecule has 0 radical (unpaired) electrons. The summed E-state index contributed by atoms with van der Waals surface area (Å²) in [5.41, 5.74) is 1.75. The molecule has 28 heavy (non-hydrogen) atoms. The van der Waals surface area contributed by atoms with Gasteiger partial charge in [0.05, 0.1) is 29.3 Å². The van der Waals surface area contributed by atoms with Crippen LogP contribution in [0.15, 0.2) is 27.6 Å². The van der Waals surface area contributed by atoms with Crippen LogP contribution in [0.5, 0.6) is 0 Å². The Bertz CT molecular complexity index is 1430. The number of hydrogen-bond donors (Lipinski definition) is 2. The molecule has 5 aromatic heterocycles. The summed E-state index contributed by atoms with van der Waals surface area (Å²) < 4.78 is 12.2. The Morgan fingerprint density at radius 2 is 2.18 bits per heavy atom. The largest absolute Gasteiger partial charge is 0.464 e. The highest BCUT2D eigenvalue weighted by molar-refractivity contribution is 6.12. The predicted molar refractivity (Wildman–Crippen MR) is 97.0 cm³/mol. The van der Waals surface area contributed by atoms with Gasteiger partial charge in [-0.2, -0.15) is 5.10 Å². The molecule has 5 heterocycles. The van der Waals surface area contributed by atoms with Crippen molar-refractivity contribution in [3.05, 3.63) is 40.1 Å². The molecule has 11 nitrogen and oxygen atoms in total. The average Bonchev–Trinajstić information content (AvgIpc) is 3.40. The molecule has 5 aromatic rings. The van der Waals surface area contributed by atoms with E-state index in [1.165, 1.54) is 6.26 Å². The fraction of sp³-hybridized carbons (Fsp3) is 0.176. The molecule has 0 aliphatic heterocycles. The van der Waals surface area contributed by atoms with E-state index < -0.39 is 5.97 Å². The monoisotopic (exact) mass is 379 g/mol. The summed E-state index contributed by atoms with van der Waals surface area (Å²) in [6.45, 7) is 3.65. The first-order chi connectivity index (χ1) is 13.6. The van der Waals surface area contributed by atoms with Gasteiger partial charge in [0.25, 0.3) is 5.56 Å². The van der Waals surface area contributed by atoms with E-state index in [9.17, 15) is 9.59 Å². The van der Waals surface area contributed by atoms with Crippen molar-refractivity contribution in [1.29, 1.82) is 0 Å². The number of carbonyl (C=O) groups excluding carboxylic acids is 1. The van der Waals surface area contributed by atoms with Crippen molar-refractivity contribution in [3.8, 4) is 11.3 Å². The first kappa shape index (κ1) is 16.2. The van der Waals surface area contributed by atoms with Crippen molar-refractivity contribution in [2.45, 2.75) is 13.8 Å². The van der Waals surface area contributed by atoms with Crippen molar-refractivity contribution in [1.82, 2.24) is 35.0 Å². The predicted octanol–water partition coefficient (Wildman–Crippen LogP) is 1.59. The molecule has 5 rings (SSSR count). The number of nitrogens with one attached hydrogen (secondary N) is 2. The van der Waals surface area contributed by atoms with E-state index >= 15 is 0 Å². The van der Waals surface area contributed by atoms with Gasteiger partial charge in [-0.05, 0) is 26.0 Å². The van der Waals surface area contributed by atoms with Crippen LogP contribution in [0.1, 0.15) is 23.1 Å². The first-order valence-corrected chi connectivity index (χ1v) is 8.47. The molecule has 0 aliphatic carbocycles. The third kappa shape index (κ3) is 2.09. The molecule has 0 saturated carbocycles. The summed E-state index contributed by atoms with van der Waals surface area (Å²) in [5, 5.41) is 18.5. The van der Waals surface area contributed by atoms with Gasteiger partial charge in [0, 0.05) is 5.56 Å². The van der Waals surface area contributed by atoms with Crippen LogP contribution in [0.2, 0.25) is 0 Å². The fourth-order valence-electron chi connectivity index (χ4n) is 3.27. The van der Waals surface area contributed by atoms with Crippen LogP contribution < -0.4 is 5.56 Å². The zero-order valence-corrected chi connectivity index (χ0v) is 14.8. The number of fused-ring (bicyclic) bond motifs is 4. The minimum Gasteiger partial charge on any atom is -0.464 e. The number of esters is 1. The molecule has 0 spiro atoms. The normalized spacial score (nSPS) is 11.6. The summed E-state index contributed by atoms with van der Waals surface area (Å²) in [6, 6.07) is 3.45. The van der Waals surface area contributed by atoms with Gasteiger partial charge in [0.2, 0.25) is 0 Å². The molecule has 11 heteroatoms. The van der Waals surface area contributed by atoms with E-state index in [1.54, 1.807) is 30.5 Å². The molecular weight excluding hydrogens is 366 g/mol. The number of furan rings is 1. The van der Waals surface area contributed by atoms with Gasteiger partial charge in [-0.25, -0.2) is 19.4 Å². The third-order valence-corrected chi connectivity index (χ3v) is 4.48. The molecule has 2 N–H and O–H groups in total. The van der Waals surface area contributed by atoms with Gasteiger partial charge in [0.15, 0.2) is 22.6 Å². The molecule has 0 aliphatic rings. The van der Waals surface area contributed by atoms with E-state index in [0.29, 0.717) is 33.7 Å². The maximum absolute atomic E-state index is 12.4. The highest BCUT2D eigenvalue weighted by atomic mass is 16.5. The van der Waals surface area contributed by atoms with E-state index in [4.69, 9.17) is 9.15 Å². The SMILES string of the molecule is CCOC(=O)c1nnc2c3c(-c4ccco4)c4c(=O)[nH]nc4nc3[nH]n2c1C. The maximum atomic E-state index is 12.4. The van der Waals surface area contributed by atoms with Gasteiger partial charge < -0.3 is 9.15 Å². The molecule has 0 fully saturated rings. The number of carbonyl (C=O) groups is 1. The van der Waals surface area contributed by atoms with Crippen molar-refractivity contribution >= 4 is 33.7 Å². The second-order valence-corrected chi connectivity index (χ2v) is 6.06. The molecule has 140 valence electrons. The standard InChI is InChI=1S/C17H13N7O4/c1-3-27-17(26)12-7(2)24-15(21-19-12)10-9(8-5-4-6-28-8)11-13(18-14(10)23-24)20-22-16(11)25/h4-6H,3H2,1-2H3,(H,22,25)(H,18,20,23). The van der Waals surface area contributed by atoms with Crippen molar-refractivity contribution < 1.29 is 13.9 Å². The number of ether oxygens (including phenoxy) is 1. The number of nitrogens with zero attached hydrogens (tertiary/aromatic N) is 5. The lowest BCUT2D eigenvalue weighted by Gasteiger charge is -2.05. The first-order valence-electron chi connectivity index (χ1n) is 8.47. The number of H-pyrrole nitrogens is 2. The summed E-state index contributed by atoms with van der Waals surface area (Å²) in [7, 11) is 0. The molecule has 0 bridgehead atoms. The lowest BCUT2D eigenvalue weighted by molar-refractivity contribution is 0.0516. The number of aromatic amines is 2. The fourth-order valence-corrected chi connectivity index (χ4v) is 3.27. The molecule has 0 amide bonds. The maximum Gasteiger partial charge on any atom is 0.360 e. The topological polar surface area (TPSA) is 144 Å². The van der Waals surface area contributed by atoms with Crippen molar-refractivity contribution in [3.63, 3.8) is 0 Å². The molecule has 0 aromatic carbocycles. The Balaban J connectivity index is 1.94. The molecule has 0 saturated heterocycles. The number of aryl methyl sites for hydroxylation is 1. The minimum absolute atomic E-state index is 0.0837. The second-order valence-electron chi connectivity index (χ2n) is 6.06. The van der Waals surface area contributed by atoms with Gasteiger partial charge in [-0.15, -0.1) is 10.2 Å². The van der Waals surface area contributed by atoms with Crippen LogP contribution in [-0.4, -0.2) is 47.6 Å². The molecular formula is C17H13N7O4. The highest BCUT2D eigenvalue weighted by Crippen LogP contribution is 2.34. The van der Waals surface area contributed by atoms with E-state index in [1.807, 2.05) is 0 Å². The van der Waals surface area contributed by atoms with Crippen molar-refractivity contribution in [2.24, 2.45) is 0 Å². The van der Waals surface area contributed by atoms with Crippen LogP contribution in [0.25, 0.3) is 39.0 Å². The van der Waals surface area contributed by atoms with Crippen LogP contribution in [0, 0.1) is 6.92 Å². The number of hydrogen-bond acceptors (Lipinski definition) is 8. The minimum atomic E-state index is -0.573. The van der Waals surface area contributed by atoms with E-state index in [2.05, 4.69) is 30.5 Å². The zero-order valence-electron chi connectivity index (χ0n) is 14.8. The Hall–Kier alpha value is -4.02. The highest BCUT2D eigenvalue weighted by Gasteiger charge is 2.24. The van der Waals surface area contributed by atoms with Crippen LogP contribution in [-0.2, 0) is 4.74 Å². The number of rotatable bonds is 3. The Morgan fingerprint density at radius 3 is 2.93 bits per heavy atom. The summed E-state index contributed by atoms with van der Waals surface area (Å²) >= 11 is 0. The summed E-state index contributed by atoms with van der Waals surface area (Å²) in [4.78, 5) is 28.9. The van der Waals surface area contributed by atoms with Gasteiger partial charge in [-0.3, -0.25) is 9.89 Å². The summed E-state index contributed by atoms with van der Waals surface area (Å²) in [6.07, 6.45) is 1.51. The zero-order chi connectivity index (χ0) is 19.4. The molecule has 0 unspecified atom stereocenters. The van der Waals surface area contributed by atoms with Gasteiger partial charge in [-0.1, -0.05) is 0 Å². The second kappa shape index (κ2) is 5.74. The van der Waals surface area contributed by atoms with Crippen molar-refractivity contribution in [2.75, 3.05) is 6.61 Å². The quantitative estimate of drug-likeness (QED) is 0.450. The third-order valence-electron chi connectivity index (χ3n) is 4.48. The molecule has 0 atom stereocenters. The Labute approximate surface area is 155 Å². The smallest absolute Gasteiger partial charge is 0.360 e. The van der Waals surface area contributed by atoms with Gasteiger partial charge >= 0.3 is 5.97 Å². The summed E-state index contributed by atoms with van der Waals surface area (Å²) in [5.74, 6) is -0.108. The number of aromatic nitrogens is 7. The van der Waals surface area contributed by atoms with E-state index in [-0.39, 0.29) is 28.9 Å². The Kier molecular flexibility index (Phi) is 3.32. The average molecular weight is 379 g/mol. The van der Waals surface area contributed by atoms with Crippen LogP contribution in [0.4, 0.5) is 0 Å². The van der Waals surface area contributed by atoms with Crippen LogP contribution >= 0.6 is 0 Å². The number of pyridine rings is 1.